The molecule has 1 heterocycles. The fraction of sp³-hybridized carbons (Fsp3) is 0.0244. The van der Waals surface area contributed by atoms with Crippen molar-refractivity contribution in [1.82, 2.24) is 15.0 Å². The maximum absolute atomic E-state index is 7.82. The van der Waals surface area contributed by atoms with Crippen molar-refractivity contribution in [2.24, 2.45) is 0 Å². The van der Waals surface area contributed by atoms with Gasteiger partial charge < -0.3 is 10.7 Å². The van der Waals surface area contributed by atoms with Crippen LogP contribution in [0.25, 0.3) is 56.4 Å². The van der Waals surface area contributed by atoms with E-state index < -0.39 is 0 Å². The van der Waals surface area contributed by atoms with Crippen molar-refractivity contribution in [3.05, 3.63) is 169 Å². The Labute approximate surface area is 268 Å². The maximum atomic E-state index is 7.82. The summed E-state index contributed by atoms with van der Waals surface area (Å²) in [6, 6.07) is 45.4. The van der Waals surface area contributed by atoms with E-state index in [1.807, 2.05) is 72.8 Å². The van der Waals surface area contributed by atoms with Crippen LogP contribution in [0, 0.1) is 5.41 Å². The van der Waals surface area contributed by atoms with Gasteiger partial charge in [0, 0.05) is 39.9 Å². The molecule has 0 atom stereocenters. The minimum absolute atomic E-state index is 0.630. The molecule has 7 rings (SSSR count). The average Bonchev–Trinajstić information content (AvgIpc) is 3.37. The Morgan fingerprint density at radius 1 is 0.478 bits per heavy atom. The van der Waals surface area contributed by atoms with Gasteiger partial charge in [-0.25, -0.2) is 15.0 Å². The standard InChI is InChI=1S/C41H31N5/c42-28-36-17-8-3-9-24-38(36)43-37-23-12-21-34(27-37)32-19-10-18-31(25-32)33-20-11-22-35(26-33)41-45-39(29-13-4-1-5-14-29)44-40(46-41)30-15-6-2-7-16-30/h1-2,4-28,42-43H,3H2. The van der Waals surface area contributed by atoms with Crippen LogP contribution in [0.4, 0.5) is 5.69 Å². The fourth-order valence-corrected chi connectivity index (χ4v) is 5.47. The summed E-state index contributed by atoms with van der Waals surface area (Å²) < 4.78 is 0. The molecule has 5 nitrogen and oxygen atoms in total. The second-order valence-electron chi connectivity index (χ2n) is 11.0. The largest absolute Gasteiger partial charge is 0.355 e. The van der Waals surface area contributed by atoms with Gasteiger partial charge in [0.1, 0.15) is 0 Å². The summed E-state index contributed by atoms with van der Waals surface area (Å²) in [6.07, 6.45) is 10.4. The van der Waals surface area contributed by atoms with Crippen LogP contribution in [0.15, 0.2) is 169 Å². The number of allylic oxidation sites excluding steroid dienone is 5. The quantitative estimate of drug-likeness (QED) is 0.172. The lowest BCUT2D eigenvalue weighted by Crippen LogP contribution is -2.01. The van der Waals surface area contributed by atoms with Crippen molar-refractivity contribution in [2.45, 2.75) is 6.42 Å². The third kappa shape index (κ3) is 6.35. The first kappa shape index (κ1) is 28.6. The highest BCUT2D eigenvalue weighted by molar-refractivity contribution is 5.84. The van der Waals surface area contributed by atoms with E-state index in [4.69, 9.17) is 20.4 Å². The Bertz CT molecular complexity index is 2050. The molecule has 0 fully saturated rings. The zero-order valence-electron chi connectivity index (χ0n) is 25.1. The van der Waals surface area contributed by atoms with Gasteiger partial charge in [0.25, 0.3) is 0 Å². The molecule has 1 aliphatic rings. The molecule has 0 bridgehead atoms. The molecule has 0 radical (unpaired) electrons. The Morgan fingerprint density at radius 2 is 0.935 bits per heavy atom. The van der Waals surface area contributed by atoms with Gasteiger partial charge in [-0.2, -0.15) is 0 Å². The second kappa shape index (κ2) is 13.2. The molecule has 5 aromatic carbocycles. The normalized spacial score (nSPS) is 12.5. The van der Waals surface area contributed by atoms with E-state index in [0.717, 1.165) is 62.3 Å². The minimum Gasteiger partial charge on any atom is -0.355 e. The summed E-state index contributed by atoms with van der Waals surface area (Å²) in [7, 11) is 0. The van der Waals surface area contributed by atoms with Crippen LogP contribution in [-0.4, -0.2) is 21.2 Å². The van der Waals surface area contributed by atoms with Crippen LogP contribution in [-0.2, 0) is 0 Å². The molecule has 6 aromatic rings. The summed E-state index contributed by atoms with van der Waals surface area (Å²) in [5, 5.41) is 11.3. The molecule has 0 saturated heterocycles. The second-order valence-corrected chi connectivity index (χ2v) is 11.0. The lowest BCUT2D eigenvalue weighted by atomic mass is 9.97. The molecular weight excluding hydrogens is 562 g/mol. The Kier molecular flexibility index (Phi) is 8.20. The Balaban J connectivity index is 1.23. The Morgan fingerprint density at radius 3 is 1.52 bits per heavy atom. The SMILES string of the molecule is N=CC1=C(Nc2cccc(-c3cccc(-c4cccc(-c5nc(-c6ccccc6)nc(-c6ccccc6)n5)c4)c3)c2)C=CCC=C1. The molecule has 46 heavy (non-hydrogen) atoms. The first-order valence-corrected chi connectivity index (χ1v) is 15.3. The van der Waals surface area contributed by atoms with Crippen molar-refractivity contribution in [3.8, 4) is 56.4 Å². The first-order chi connectivity index (χ1) is 22.7. The molecule has 220 valence electrons. The zero-order valence-corrected chi connectivity index (χ0v) is 25.1. The summed E-state index contributed by atoms with van der Waals surface area (Å²) >= 11 is 0. The lowest BCUT2D eigenvalue weighted by Gasteiger charge is -2.12. The molecule has 1 aromatic heterocycles. The number of nitrogens with one attached hydrogen (secondary N) is 2. The minimum atomic E-state index is 0.630. The summed E-state index contributed by atoms with van der Waals surface area (Å²) in [4.78, 5) is 14.7. The van der Waals surface area contributed by atoms with Crippen LogP contribution < -0.4 is 5.32 Å². The van der Waals surface area contributed by atoms with Crippen molar-refractivity contribution >= 4 is 11.9 Å². The Hall–Kier alpha value is -6.20. The summed E-state index contributed by atoms with van der Waals surface area (Å²) in [6.45, 7) is 0. The van der Waals surface area contributed by atoms with Crippen LogP contribution >= 0.6 is 0 Å². The average molecular weight is 594 g/mol. The number of hydrogen-bond acceptors (Lipinski definition) is 5. The third-order valence-corrected chi connectivity index (χ3v) is 7.81. The predicted octanol–water partition coefficient (Wildman–Crippen LogP) is 10.0. The number of hydrogen-bond donors (Lipinski definition) is 2. The molecule has 1 aliphatic carbocycles. The van der Waals surface area contributed by atoms with Gasteiger partial charge in [-0.05, 0) is 59.0 Å². The monoisotopic (exact) mass is 593 g/mol. The van der Waals surface area contributed by atoms with E-state index in [2.05, 4.69) is 90.3 Å². The van der Waals surface area contributed by atoms with Gasteiger partial charge in [0.2, 0.25) is 0 Å². The smallest absolute Gasteiger partial charge is 0.164 e. The number of benzene rings is 5. The maximum Gasteiger partial charge on any atom is 0.164 e. The van der Waals surface area contributed by atoms with Crippen LogP contribution in [0.1, 0.15) is 6.42 Å². The molecule has 2 N–H and O–H groups in total. The highest BCUT2D eigenvalue weighted by atomic mass is 15.0. The van der Waals surface area contributed by atoms with Gasteiger partial charge >= 0.3 is 0 Å². The van der Waals surface area contributed by atoms with Crippen molar-refractivity contribution < 1.29 is 0 Å². The molecule has 0 spiro atoms. The number of anilines is 1. The molecule has 0 amide bonds. The van der Waals surface area contributed by atoms with E-state index in [9.17, 15) is 0 Å². The van der Waals surface area contributed by atoms with Gasteiger partial charge in [-0.3, -0.25) is 0 Å². The molecule has 0 unspecified atom stereocenters. The fourth-order valence-electron chi connectivity index (χ4n) is 5.47. The van der Waals surface area contributed by atoms with Gasteiger partial charge in [-0.15, -0.1) is 0 Å². The van der Waals surface area contributed by atoms with E-state index >= 15 is 0 Å². The number of rotatable bonds is 8. The topological polar surface area (TPSA) is 74.6 Å². The van der Waals surface area contributed by atoms with Gasteiger partial charge in [0.15, 0.2) is 17.5 Å². The highest BCUT2D eigenvalue weighted by Crippen LogP contribution is 2.31. The van der Waals surface area contributed by atoms with Gasteiger partial charge in [-0.1, -0.05) is 127 Å². The zero-order chi connectivity index (χ0) is 31.1. The van der Waals surface area contributed by atoms with Crippen molar-refractivity contribution in [1.29, 1.82) is 5.41 Å². The van der Waals surface area contributed by atoms with E-state index in [1.165, 1.54) is 6.21 Å². The highest BCUT2D eigenvalue weighted by Gasteiger charge is 2.13. The number of aromatic nitrogens is 3. The van der Waals surface area contributed by atoms with E-state index in [0.29, 0.717) is 17.5 Å². The van der Waals surface area contributed by atoms with Crippen molar-refractivity contribution in [3.63, 3.8) is 0 Å². The third-order valence-electron chi connectivity index (χ3n) is 7.81. The molecule has 0 saturated carbocycles. The van der Waals surface area contributed by atoms with Gasteiger partial charge in [0.05, 0.1) is 0 Å². The van der Waals surface area contributed by atoms with E-state index in [1.54, 1.807) is 0 Å². The summed E-state index contributed by atoms with van der Waals surface area (Å²) in [5.41, 5.74) is 9.94. The summed E-state index contributed by atoms with van der Waals surface area (Å²) in [5.74, 6) is 1.92. The van der Waals surface area contributed by atoms with Crippen molar-refractivity contribution in [2.75, 3.05) is 5.32 Å². The number of nitrogens with zero attached hydrogens (tertiary/aromatic N) is 3. The molecule has 5 heteroatoms. The lowest BCUT2D eigenvalue weighted by molar-refractivity contribution is 1.07. The van der Waals surface area contributed by atoms with E-state index in [-0.39, 0.29) is 0 Å². The van der Waals surface area contributed by atoms with Crippen LogP contribution in [0.3, 0.4) is 0 Å². The first-order valence-electron chi connectivity index (χ1n) is 15.3. The van der Waals surface area contributed by atoms with Crippen LogP contribution in [0.5, 0.6) is 0 Å². The predicted molar refractivity (Wildman–Crippen MR) is 189 cm³/mol. The van der Waals surface area contributed by atoms with Crippen LogP contribution in [0.2, 0.25) is 0 Å². The molecule has 0 aliphatic heterocycles. The molecular formula is C41H31N5.